The van der Waals surface area contributed by atoms with E-state index in [1.165, 1.54) is 11.8 Å². The van der Waals surface area contributed by atoms with Gasteiger partial charge in [0.2, 0.25) is 5.95 Å². The van der Waals surface area contributed by atoms with Crippen molar-refractivity contribution >= 4 is 16.9 Å². The highest BCUT2D eigenvalue weighted by atomic mass is 19.1. The Morgan fingerprint density at radius 2 is 2.16 bits per heavy atom. The van der Waals surface area contributed by atoms with E-state index in [0.29, 0.717) is 18.6 Å². The van der Waals surface area contributed by atoms with Gasteiger partial charge in [-0.15, -0.1) is 0 Å². The minimum absolute atomic E-state index is 0.201. The molecule has 2 N–H and O–H groups in total. The molecule has 0 radical (unpaired) electrons. The summed E-state index contributed by atoms with van der Waals surface area (Å²) in [4.78, 5) is 15.7. The lowest BCUT2D eigenvalue weighted by Gasteiger charge is -2.36. The first-order chi connectivity index (χ1) is 18.3. The molecule has 2 aromatic heterocycles. The van der Waals surface area contributed by atoms with Gasteiger partial charge in [0, 0.05) is 36.8 Å². The molecule has 5 rings (SSSR count). The van der Waals surface area contributed by atoms with Crippen molar-refractivity contribution in [3.63, 3.8) is 0 Å². The smallest absolute Gasteiger partial charge is 0.223 e. The molecule has 9 heteroatoms. The number of fused-ring (bicyclic) bond motifs is 1. The van der Waals surface area contributed by atoms with Crippen LogP contribution in [0.15, 0.2) is 30.6 Å². The van der Waals surface area contributed by atoms with Gasteiger partial charge in [0.25, 0.3) is 0 Å². The van der Waals surface area contributed by atoms with Gasteiger partial charge in [-0.25, -0.2) is 14.4 Å². The number of pyridine rings is 1. The minimum Gasteiger partial charge on any atom is -0.389 e. The van der Waals surface area contributed by atoms with Crippen molar-refractivity contribution in [3.8, 4) is 17.3 Å². The Balaban J connectivity index is 1.49. The average Bonchev–Trinajstić information content (AvgIpc) is 2.90. The summed E-state index contributed by atoms with van der Waals surface area (Å²) in [5.74, 6) is -0.0174. The number of aliphatic hydroxyl groups excluding tert-OH is 1. The number of piperidine rings is 1. The van der Waals surface area contributed by atoms with Crippen LogP contribution in [0.2, 0.25) is 0 Å². The normalized spacial score (nSPS) is 24.4. The number of hydrogen-bond acceptors (Lipinski definition) is 8. The van der Waals surface area contributed by atoms with Crippen molar-refractivity contribution in [1.29, 1.82) is 5.26 Å². The number of nitrogens with one attached hydrogen (secondary N) is 1. The van der Waals surface area contributed by atoms with Gasteiger partial charge in [0.1, 0.15) is 5.69 Å². The maximum absolute atomic E-state index is 15.0. The molecular weight excluding hydrogens is 483 g/mol. The second-order valence-electron chi connectivity index (χ2n) is 11.1. The summed E-state index contributed by atoms with van der Waals surface area (Å²) in [5, 5.41) is 24.0. The number of halogens is 1. The third-order valence-corrected chi connectivity index (χ3v) is 7.67. The lowest BCUT2D eigenvalue weighted by molar-refractivity contribution is -0.0136. The van der Waals surface area contributed by atoms with E-state index in [1.807, 2.05) is 31.3 Å². The van der Waals surface area contributed by atoms with E-state index in [-0.39, 0.29) is 35.6 Å². The van der Waals surface area contributed by atoms with E-state index in [9.17, 15) is 14.8 Å². The number of rotatable bonds is 6. The van der Waals surface area contributed by atoms with Gasteiger partial charge in [0.15, 0.2) is 5.82 Å². The maximum atomic E-state index is 15.0. The van der Waals surface area contributed by atoms with Crippen LogP contribution in [0.5, 0.6) is 0 Å². The Morgan fingerprint density at radius 1 is 1.32 bits per heavy atom. The summed E-state index contributed by atoms with van der Waals surface area (Å²) in [5.41, 5.74) is 3.67. The standard InChI is InChI=1S/C29H35FN6O2/c1-18(2)26-20(14-36-9-4-8-29(3,16-31)17-36)12-32-23-6-5-19(11-21(23)26)27-22(30)13-33-28(35-27)34-24-7-10-38-15-25(24)37/h5-6,11-13,18,24-25,37H,4,7-10,14-15,17H2,1-3H3,(H,33,34,35)/t24-,25-,29-/m1/s1. The Kier molecular flexibility index (Phi) is 7.57. The van der Waals surface area contributed by atoms with Crippen LogP contribution in [0.4, 0.5) is 10.3 Å². The van der Waals surface area contributed by atoms with Gasteiger partial charge in [-0.3, -0.25) is 9.88 Å². The molecule has 0 amide bonds. The Hall–Kier alpha value is -3.19. The molecule has 2 aliphatic rings. The number of ether oxygens (including phenoxy) is 1. The van der Waals surface area contributed by atoms with Crippen molar-refractivity contribution in [2.24, 2.45) is 5.41 Å². The maximum Gasteiger partial charge on any atom is 0.223 e. The molecule has 2 fully saturated rings. The summed E-state index contributed by atoms with van der Waals surface area (Å²) in [6, 6.07) is 7.95. The SMILES string of the molecule is CC(C)c1c(CN2CCC[C@](C)(C#N)C2)cnc2ccc(-c3nc(N[C@@H]4CCOC[C@H]4O)ncc3F)cc12. The van der Waals surface area contributed by atoms with E-state index < -0.39 is 11.9 Å². The van der Waals surface area contributed by atoms with E-state index >= 15 is 0 Å². The fourth-order valence-corrected chi connectivity index (χ4v) is 5.72. The molecule has 0 aliphatic carbocycles. The Morgan fingerprint density at radius 3 is 2.92 bits per heavy atom. The monoisotopic (exact) mass is 518 g/mol. The number of likely N-dealkylation sites (tertiary alicyclic amines) is 1. The highest BCUT2D eigenvalue weighted by Gasteiger charge is 2.31. The van der Waals surface area contributed by atoms with Crippen LogP contribution in [0.25, 0.3) is 22.2 Å². The second-order valence-corrected chi connectivity index (χ2v) is 11.1. The predicted molar refractivity (Wildman–Crippen MR) is 144 cm³/mol. The molecule has 3 atom stereocenters. The number of aliphatic hydroxyl groups is 1. The van der Waals surface area contributed by atoms with Gasteiger partial charge in [0.05, 0.1) is 42.0 Å². The van der Waals surface area contributed by atoms with Crippen LogP contribution in [0.3, 0.4) is 0 Å². The molecule has 0 saturated carbocycles. The van der Waals surface area contributed by atoms with E-state index in [2.05, 4.69) is 40.1 Å². The number of nitrogens with zero attached hydrogens (tertiary/aromatic N) is 5. The number of nitriles is 1. The van der Waals surface area contributed by atoms with E-state index in [1.54, 1.807) is 0 Å². The first-order valence-corrected chi connectivity index (χ1v) is 13.4. The molecule has 2 aliphatic heterocycles. The van der Waals surface area contributed by atoms with Crippen LogP contribution in [-0.4, -0.2) is 63.4 Å². The highest BCUT2D eigenvalue weighted by molar-refractivity contribution is 5.88. The second kappa shape index (κ2) is 10.9. The molecule has 38 heavy (non-hydrogen) atoms. The third kappa shape index (κ3) is 5.48. The van der Waals surface area contributed by atoms with Gasteiger partial charge in [-0.2, -0.15) is 5.26 Å². The highest BCUT2D eigenvalue weighted by Crippen LogP contribution is 2.34. The molecule has 200 valence electrons. The Labute approximate surface area is 222 Å². The lowest BCUT2D eigenvalue weighted by Crippen LogP contribution is -2.42. The van der Waals surface area contributed by atoms with Crippen molar-refractivity contribution in [2.45, 2.75) is 64.6 Å². The summed E-state index contributed by atoms with van der Waals surface area (Å²) in [6.45, 7) is 9.56. The third-order valence-electron chi connectivity index (χ3n) is 7.67. The van der Waals surface area contributed by atoms with Gasteiger partial charge < -0.3 is 15.2 Å². The van der Waals surface area contributed by atoms with Gasteiger partial charge in [-0.1, -0.05) is 19.9 Å². The minimum atomic E-state index is -0.675. The molecule has 0 unspecified atom stereocenters. The summed E-state index contributed by atoms with van der Waals surface area (Å²) in [7, 11) is 0. The largest absolute Gasteiger partial charge is 0.389 e. The molecular formula is C29H35FN6O2. The molecule has 0 bridgehead atoms. The number of benzene rings is 1. The zero-order valence-corrected chi connectivity index (χ0v) is 22.2. The average molecular weight is 519 g/mol. The van der Waals surface area contributed by atoms with Crippen molar-refractivity contribution in [2.75, 3.05) is 31.6 Å². The van der Waals surface area contributed by atoms with Crippen LogP contribution in [0.1, 0.15) is 57.1 Å². The van der Waals surface area contributed by atoms with Crippen molar-refractivity contribution in [3.05, 3.63) is 47.5 Å². The summed E-state index contributed by atoms with van der Waals surface area (Å²) < 4.78 is 20.3. The van der Waals surface area contributed by atoms with Gasteiger partial charge in [-0.05, 0) is 61.9 Å². The molecule has 4 heterocycles. The topological polar surface area (TPSA) is 107 Å². The zero-order valence-electron chi connectivity index (χ0n) is 22.2. The van der Waals surface area contributed by atoms with Crippen molar-refractivity contribution in [1.82, 2.24) is 19.9 Å². The zero-order chi connectivity index (χ0) is 26.9. The van der Waals surface area contributed by atoms with Gasteiger partial charge >= 0.3 is 0 Å². The van der Waals surface area contributed by atoms with Crippen LogP contribution < -0.4 is 5.32 Å². The number of hydrogen-bond donors (Lipinski definition) is 2. The van der Waals surface area contributed by atoms with E-state index in [0.717, 1.165) is 48.9 Å². The predicted octanol–water partition coefficient (Wildman–Crippen LogP) is 4.64. The molecule has 2 saturated heterocycles. The molecule has 0 spiro atoms. The number of anilines is 1. The number of aromatic nitrogens is 3. The van der Waals surface area contributed by atoms with Crippen LogP contribution in [-0.2, 0) is 11.3 Å². The summed E-state index contributed by atoms with van der Waals surface area (Å²) >= 11 is 0. The summed E-state index contributed by atoms with van der Waals surface area (Å²) in [6.07, 6.45) is 4.98. The fourth-order valence-electron chi connectivity index (χ4n) is 5.72. The van der Waals surface area contributed by atoms with E-state index in [4.69, 9.17) is 9.72 Å². The first-order valence-electron chi connectivity index (χ1n) is 13.4. The molecule has 1 aromatic carbocycles. The molecule has 8 nitrogen and oxygen atoms in total. The fraction of sp³-hybridized carbons (Fsp3) is 0.517. The Bertz CT molecular complexity index is 1360. The first kappa shape index (κ1) is 26.4. The lowest BCUT2D eigenvalue weighted by atomic mass is 9.83. The quantitative estimate of drug-likeness (QED) is 0.486. The van der Waals surface area contributed by atoms with Crippen LogP contribution >= 0.6 is 0 Å². The van der Waals surface area contributed by atoms with Crippen LogP contribution in [0, 0.1) is 22.6 Å². The molecule has 3 aromatic rings. The van der Waals surface area contributed by atoms with Crippen molar-refractivity contribution < 1.29 is 14.2 Å².